The molecule has 1 saturated heterocycles. The fraction of sp³-hybridized carbons (Fsp3) is 0.500. The molecule has 7 nitrogen and oxygen atoms in total. The third-order valence-corrected chi connectivity index (χ3v) is 3.43. The van der Waals surface area contributed by atoms with E-state index < -0.39 is 0 Å². The van der Waals surface area contributed by atoms with Crippen LogP contribution in [0.25, 0.3) is 0 Å². The van der Waals surface area contributed by atoms with E-state index in [1.807, 2.05) is 4.90 Å². The second-order valence-corrected chi connectivity index (χ2v) is 5.33. The SMILES string of the molecule is Nc1ncc(Br)nc1C(=O)NCCCN1CCCC1=O. The van der Waals surface area contributed by atoms with Crippen molar-refractivity contribution in [1.82, 2.24) is 20.2 Å². The number of halogens is 1. The summed E-state index contributed by atoms with van der Waals surface area (Å²) >= 11 is 3.14. The summed E-state index contributed by atoms with van der Waals surface area (Å²) in [6.45, 7) is 1.95. The van der Waals surface area contributed by atoms with Gasteiger partial charge in [0.05, 0.1) is 6.20 Å². The van der Waals surface area contributed by atoms with Crippen molar-refractivity contribution in [2.24, 2.45) is 0 Å². The predicted octanol–water partition coefficient (Wildman–Crippen LogP) is 0.564. The normalized spacial score (nSPS) is 14.7. The molecule has 0 bridgehead atoms. The van der Waals surface area contributed by atoms with Crippen LogP contribution in [-0.2, 0) is 4.79 Å². The van der Waals surface area contributed by atoms with Crippen molar-refractivity contribution >= 4 is 33.6 Å². The second kappa shape index (κ2) is 6.65. The van der Waals surface area contributed by atoms with E-state index >= 15 is 0 Å². The van der Waals surface area contributed by atoms with Crippen LogP contribution in [0.5, 0.6) is 0 Å². The van der Waals surface area contributed by atoms with Crippen LogP contribution >= 0.6 is 15.9 Å². The number of anilines is 1. The highest BCUT2D eigenvalue weighted by Gasteiger charge is 2.19. The molecule has 0 atom stereocenters. The number of carbonyl (C=O) groups excluding carboxylic acids is 2. The zero-order valence-electron chi connectivity index (χ0n) is 10.9. The lowest BCUT2D eigenvalue weighted by Crippen LogP contribution is -2.31. The summed E-state index contributed by atoms with van der Waals surface area (Å²) in [6.07, 6.45) is 3.70. The van der Waals surface area contributed by atoms with Crippen LogP contribution < -0.4 is 11.1 Å². The number of hydrogen-bond acceptors (Lipinski definition) is 5. The van der Waals surface area contributed by atoms with E-state index in [0.29, 0.717) is 30.5 Å². The Bertz CT molecular complexity index is 523. The Hall–Kier alpha value is -1.70. The topological polar surface area (TPSA) is 101 Å². The number of nitrogen functional groups attached to an aromatic ring is 1. The quantitative estimate of drug-likeness (QED) is 0.762. The lowest BCUT2D eigenvalue weighted by atomic mass is 10.3. The van der Waals surface area contributed by atoms with Gasteiger partial charge in [0.1, 0.15) is 4.60 Å². The standard InChI is InChI=1S/C12H16BrN5O2/c13-8-7-16-11(14)10(17-8)12(20)15-4-2-6-18-5-1-3-9(18)19/h7H,1-6H2,(H2,14,16)(H,15,20). The van der Waals surface area contributed by atoms with Gasteiger partial charge in [-0.1, -0.05) is 0 Å². The summed E-state index contributed by atoms with van der Waals surface area (Å²) in [7, 11) is 0. The third kappa shape index (κ3) is 3.66. The monoisotopic (exact) mass is 341 g/mol. The summed E-state index contributed by atoms with van der Waals surface area (Å²) in [5, 5.41) is 2.73. The van der Waals surface area contributed by atoms with E-state index in [1.54, 1.807) is 0 Å². The van der Waals surface area contributed by atoms with Crippen molar-refractivity contribution in [2.75, 3.05) is 25.4 Å². The third-order valence-electron chi connectivity index (χ3n) is 3.05. The molecule has 108 valence electrons. The van der Waals surface area contributed by atoms with E-state index in [9.17, 15) is 9.59 Å². The molecule has 1 aliphatic rings. The molecular formula is C12H16BrN5O2. The van der Waals surface area contributed by atoms with Gasteiger partial charge in [-0.2, -0.15) is 0 Å². The van der Waals surface area contributed by atoms with Crippen LogP contribution in [0, 0.1) is 0 Å². The average molecular weight is 342 g/mol. The number of likely N-dealkylation sites (tertiary alicyclic amines) is 1. The number of nitrogens with zero attached hydrogens (tertiary/aromatic N) is 3. The number of carbonyl (C=O) groups is 2. The maximum absolute atomic E-state index is 11.9. The van der Waals surface area contributed by atoms with Crippen molar-refractivity contribution in [2.45, 2.75) is 19.3 Å². The van der Waals surface area contributed by atoms with Gasteiger partial charge in [0.2, 0.25) is 5.91 Å². The Morgan fingerprint density at radius 3 is 3.05 bits per heavy atom. The van der Waals surface area contributed by atoms with Gasteiger partial charge < -0.3 is 16.0 Å². The van der Waals surface area contributed by atoms with Crippen molar-refractivity contribution < 1.29 is 9.59 Å². The van der Waals surface area contributed by atoms with Crippen LogP contribution in [-0.4, -0.2) is 46.3 Å². The molecule has 0 radical (unpaired) electrons. The highest BCUT2D eigenvalue weighted by Crippen LogP contribution is 2.11. The molecular weight excluding hydrogens is 326 g/mol. The number of nitrogens with one attached hydrogen (secondary N) is 1. The zero-order chi connectivity index (χ0) is 14.5. The van der Waals surface area contributed by atoms with Crippen LogP contribution in [0.15, 0.2) is 10.8 Å². The number of hydrogen-bond donors (Lipinski definition) is 2. The molecule has 1 aromatic heterocycles. The van der Waals surface area contributed by atoms with Gasteiger partial charge in [0.15, 0.2) is 11.5 Å². The average Bonchev–Trinajstić information content (AvgIpc) is 2.83. The lowest BCUT2D eigenvalue weighted by Gasteiger charge is -2.15. The smallest absolute Gasteiger partial charge is 0.273 e. The van der Waals surface area contributed by atoms with Crippen molar-refractivity contribution in [3.8, 4) is 0 Å². The predicted molar refractivity (Wildman–Crippen MR) is 76.9 cm³/mol. The van der Waals surface area contributed by atoms with Crippen molar-refractivity contribution in [3.05, 3.63) is 16.5 Å². The number of aromatic nitrogens is 2. The van der Waals surface area contributed by atoms with Gasteiger partial charge in [-0.3, -0.25) is 9.59 Å². The number of nitrogens with two attached hydrogens (primary N) is 1. The Morgan fingerprint density at radius 1 is 1.55 bits per heavy atom. The molecule has 3 N–H and O–H groups in total. The van der Waals surface area contributed by atoms with Crippen LogP contribution in [0.2, 0.25) is 0 Å². The first-order chi connectivity index (χ1) is 9.58. The molecule has 0 spiro atoms. The first kappa shape index (κ1) is 14.7. The van der Waals surface area contributed by atoms with E-state index in [4.69, 9.17) is 5.73 Å². The fourth-order valence-electron chi connectivity index (χ4n) is 2.04. The molecule has 20 heavy (non-hydrogen) atoms. The highest BCUT2D eigenvalue weighted by atomic mass is 79.9. The minimum Gasteiger partial charge on any atom is -0.382 e. The van der Waals surface area contributed by atoms with Crippen molar-refractivity contribution in [3.63, 3.8) is 0 Å². The molecule has 0 saturated carbocycles. The lowest BCUT2D eigenvalue weighted by molar-refractivity contribution is -0.127. The zero-order valence-corrected chi connectivity index (χ0v) is 12.5. The maximum Gasteiger partial charge on any atom is 0.273 e. The van der Waals surface area contributed by atoms with Crippen LogP contribution in [0.4, 0.5) is 5.82 Å². The molecule has 0 unspecified atom stereocenters. The molecule has 2 amide bonds. The Kier molecular flexibility index (Phi) is 4.89. The van der Waals surface area contributed by atoms with Gasteiger partial charge in [-0.05, 0) is 28.8 Å². The number of rotatable bonds is 5. The number of amides is 2. The van der Waals surface area contributed by atoms with Crippen LogP contribution in [0.3, 0.4) is 0 Å². The van der Waals surface area contributed by atoms with Crippen LogP contribution in [0.1, 0.15) is 29.8 Å². The molecule has 0 aliphatic carbocycles. The highest BCUT2D eigenvalue weighted by molar-refractivity contribution is 9.10. The molecule has 1 fully saturated rings. The molecule has 8 heteroatoms. The molecule has 2 heterocycles. The summed E-state index contributed by atoms with van der Waals surface area (Å²) in [6, 6.07) is 0. The Balaban J connectivity index is 1.77. The summed E-state index contributed by atoms with van der Waals surface area (Å²) in [5.41, 5.74) is 5.71. The van der Waals surface area contributed by atoms with E-state index in [0.717, 1.165) is 13.0 Å². The van der Waals surface area contributed by atoms with E-state index in [1.165, 1.54) is 6.20 Å². The second-order valence-electron chi connectivity index (χ2n) is 4.52. The molecule has 1 aromatic rings. The largest absolute Gasteiger partial charge is 0.382 e. The van der Waals surface area contributed by atoms with Gasteiger partial charge in [-0.15, -0.1) is 0 Å². The van der Waals surface area contributed by atoms with E-state index in [-0.39, 0.29) is 23.3 Å². The molecule has 2 rings (SSSR count). The Morgan fingerprint density at radius 2 is 2.35 bits per heavy atom. The summed E-state index contributed by atoms with van der Waals surface area (Å²) in [4.78, 5) is 33.0. The van der Waals surface area contributed by atoms with Gasteiger partial charge in [-0.25, -0.2) is 9.97 Å². The summed E-state index contributed by atoms with van der Waals surface area (Å²) < 4.78 is 0.458. The van der Waals surface area contributed by atoms with Gasteiger partial charge >= 0.3 is 0 Å². The first-order valence-corrected chi connectivity index (χ1v) is 7.21. The van der Waals surface area contributed by atoms with Crippen molar-refractivity contribution in [1.29, 1.82) is 0 Å². The van der Waals surface area contributed by atoms with Gasteiger partial charge in [0, 0.05) is 26.1 Å². The first-order valence-electron chi connectivity index (χ1n) is 6.42. The van der Waals surface area contributed by atoms with E-state index in [2.05, 4.69) is 31.2 Å². The minimum atomic E-state index is -0.357. The summed E-state index contributed by atoms with van der Waals surface area (Å²) in [5.74, 6) is -0.0668. The molecule has 0 aromatic carbocycles. The van der Waals surface area contributed by atoms with Gasteiger partial charge in [0.25, 0.3) is 5.91 Å². The molecule has 1 aliphatic heterocycles. The fourth-order valence-corrected chi connectivity index (χ4v) is 2.32. The minimum absolute atomic E-state index is 0.0976. The maximum atomic E-state index is 11.9. The Labute approximate surface area is 125 Å².